The molecule has 0 aromatic heterocycles. The topological polar surface area (TPSA) is 18.5 Å². The first kappa shape index (κ1) is 29.3. The molecule has 2 aliphatic rings. The molecule has 2 aromatic rings. The number of rotatable bonds is 9. The quantitative estimate of drug-likeness (QED) is 0.287. The lowest BCUT2D eigenvalue weighted by atomic mass is 9.68. The molecular weight excluding hydrogens is 518 g/mol. The van der Waals surface area contributed by atoms with Crippen molar-refractivity contribution in [2.24, 2.45) is 17.8 Å². The maximum Gasteiger partial charge on any atom is 0.457 e. The second-order valence-electron chi connectivity index (χ2n) is 10.9. The van der Waals surface area contributed by atoms with E-state index in [1.807, 2.05) is 0 Å². The van der Waals surface area contributed by atoms with E-state index in [1.165, 1.54) is 50.7 Å². The predicted molar refractivity (Wildman–Crippen MR) is 139 cm³/mol. The van der Waals surface area contributed by atoms with Crippen LogP contribution in [0.3, 0.4) is 0 Å². The van der Waals surface area contributed by atoms with Crippen LogP contribution in [0, 0.1) is 29.4 Å². The second kappa shape index (κ2) is 12.7. The Labute approximate surface area is 226 Å². The van der Waals surface area contributed by atoms with E-state index < -0.39 is 46.5 Å². The standard InChI is InChI=1S/C31H36F6O2/c1-3-4-19-5-7-20(8-6-19)21-9-11-22(12-10-21)23-13-15-24(16-14-23)27(32)30(35)31(36,37)39-26-18-17-25(38-2)28(33)29(26)34/h13-22H,3-12H2,1-2H3/b30-27+. The molecule has 0 radical (unpaired) electrons. The van der Waals surface area contributed by atoms with Gasteiger partial charge in [-0.25, -0.2) is 4.39 Å². The third kappa shape index (κ3) is 6.75. The zero-order valence-corrected chi connectivity index (χ0v) is 22.4. The van der Waals surface area contributed by atoms with E-state index in [0.717, 1.165) is 62.2 Å². The van der Waals surface area contributed by atoms with Crippen LogP contribution in [0.15, 0.2) is 42.2 Å². The van der Waals surface area contributed by atoms with Gasteiger partial charge in [0.25, 0.3) is 0 Å². The Balaban J connectivity index is 1.37. The first-order valence-electron chi connectivity index (χ1n) is 13.9. The molecule has 0 atom stereocenters. The molecule has 2 nitrogen and oxygen atoms in total. The summed E-state index contributed by atoms with van der Waals surface area (Å²) in [6, 6.07) is 7.29. The fraction of sp³-hybridized carbons (Fsp3) is 0.548. The van der Waals surface area contributed by atoms with Crippen molar-refractivity contribution in [2.45, 2.75) is 83.2 Å². The Kier molecular flexibility index (Phi) is 9.55. The van der Waals surface area contributed by atoms with Gasteiger partial charge in [-0.3, -0.25) is 0 Å². The van der Waals surface area contributed by atoms with Gasteiger partial charge in [0.2, 0.25) is 17.5 Å². The number of methoxy groups -OCH3 is 1. The average Bonchev–Trinajstić information content (AvgIpc) is 2.95. The predicted octanol–water partition coefficient (Wildman–Crippen LogP) is 10.1. The zero-order valence-electron chi connectivity index (χ0n) is 22.4. The van der Waals surface area contributed by atoms with Gasteiger partial charge in [-0.2, -0.15) is 22.0 Å². The Morgan fingerprint density at radius 1 is 0.795 bits per heavy atom. The summed E-state index contributed by atoms with van der Waals surface area (Å²) in [5.74, 6) is -6.85. The molecule has 2 fully saturated rings. The lowest BCUT2D eigenvalue weighted by molar-refractivity contribution is -0.158. The Bertz CT molecular complexity index is 1130. The van der Waals surface area contributed by atoms with Crippen LogP contribution in [0.4, 0.5) is 26.3 Å². The number of ether oxygens (including phenoxy) is 2. The largest absolute Gasteiger partial charge is 0.494 e. The van der Waals surface area contributed by atoms with Crippen molar-refractivity contribution in [3.63, 3.8) is 0 Å². The Morgan fingerprint density at radius 2 is 1.33 bits per heavy atom. The van der Waals surface area contributed by atoms with Gasteiger partial charge >= 0.3 is 6.11 Å². The van der Waals surface area contributed by atoms with Crippen LogP contribution < -0.4 is 9.47 Å². The van der Waals surface area contributed by atoms with Crippen molar-refractivity contribution < 1.29 is 35.8 Å². The van der Waals surface area contributed by atoms with Crippen LogP contribution in [0.5, 0.6) is 11.5 Å². The molecule has 39 heavy (non-hydrogen) atoms. The molecule has 0 bridgehead atoms. The summed E-state index contributed by atoms with van der Waals surface area (Å²) in [5, 5.41) is 0. The summed E-state index contributed by atoms with van der Waals surface area (Å²) in [6.07, 6.45) is 7.36. The minimum Gasteiger partial charge on any atom is -0.494 e. The molecule has 0 spiro atoms. The van der Waals surface area contributed by atoms with Crippen molar-refractivity contribution in [1.82, 2.24) is 0 Å². The van der Waals surface area contributed by atoms with E-state index in [9.17, 15) is 26.3 Å². The maximum absolute atomic E-state index is 14.7. The van der Waals surface area contributed by atoms with Crippen molar-refractivity contribution in [3.05, 3.63) is 65.0 Å². The Morgan fingerprint density at radius 3 is 1.90 bits per heavy atom. The van der Waals surface area contributed by atoms with Crippen LogP contribution in [-0.4, -0.2) is 13.2 Å². The van der Waals surface area contributed by atoms with Crippen LogP contribution in [0.25, 0.3) is 5.83 Å². The van der Waals surface area contributed by atoms with Gasteiger partial charge in [-0.05, 0) is 79.9 Å². The van der Waals surface area contributed by atoms with E-state index in [0.29, 0.717) is 12.0 Å². The third-order valence-corrected chi connectivity index (χ3v) is 8.58. The molecule has 214 valence electrons. The van der Waals surface area contributed by atoms with E-state index >= 15 is 0 Å². The fourth-order valence-electron chi connectivity index (χ4n) is 6.37. The molecule has 0 N–H and O–H groups in total. The van der Waals surface area contributed by atoms with Gasteiger partial charge in [-0.1, -0.05) is 56.9 Å². The first-order valence-corrected chi connectivity index (χ1v) is 13.9. The molecule has 4 rings (SSSR count). The third-order valence-electron chi connectivity index (χ3n) is 8.58. The highest BCUT2D eigenvalue weighted by molar-refractivity contribution is 5.62. The van der Waals surface area contributed by atoms with Gasteiger partial charge in [-0.15, -0.1) is 0 Å². The van der Waals surface area contributed by atoms with E-state index in [2.05, 4.69) is 16.4 Å². The summed E-state index contributed by atoms with van der Waals surface area (Å²) in [5.41, 5.74) is 0.578. The smallest absolute Gasteiger partial charge is 0.457 e. The molecule has 0 amide bonds. The van der Waals surface area contributed by atoms with Crippen LogP contribution in [0.1, 0.15) is 88.2 Å². The lowest BCUT2D eigenvalue weighted by Crippen LogP contribution is -2.27. The zero-order chi connectivity index (χ0) is 28.2. The molecule has 2 aliphatic carbocycles. The molecule has 2 saturated carbocycles. The molecule has 0 unspecified atom stereocenters. The maximum atomic E-state index is 14.7. The molecule has 0 aliphatic heterocycles. The van der Waals surface area contributed by atoms with Gasteiger partial charge < -0.3 is 9.47 Å². The summed E-state index contributed by atoms with van der Waals surface area (Å²) in [7, 11) is 1.06. The van der Waals surface area contributed by atoms with Crippen molar-refractivity contribution >= 4 is 5.83 Å². The van der Waals surface area contributed by atoms with E-state index in [1.54, 1.807) is 12.1 Å². The molecule has 8 heteroatoms. The summed E-state index contributed by atoms with van der Waals surface area (Å²) in [4.78, 5) is 0. The van der Waals surface area contributed by atoms with Crippen molar-refractivity contribution in [2.75, 3.05) is 7.11 Å². The normalized spacial score (nSPS) is 24.7. The highest BCUT2D eigenvalue weighted by Gasteiger charge is 2.43. The summed E-state index contributed by atoms with van der Waals surface area (Å²) >= 11 is 0. The first-order chi connectivity index (χ1) is 18.6. The molecular formula is C31H36F6O2. The minimum absolute atomic E-state index is 0.293. The van der Waals surface area contributed by atoms with E-state index in [-0.39, 0.29) is 0 Å². The second-order valence-corrected chi connectivity index (χ2v) is 10.9. The van der Waals surface area contributed by atoms with Gasteiger partial charge in [0.1, 0.15) is 0 Å². The number of hydrogen-bond acceptors (Lipinski definition) is 2. The number of halogens is 6. The molecule has 2 aromatic carbocycles. The Hall–Kier alpha value is -2.64. The van der Waals surface area contributed by atoms with Crippen LogP contribution in [0.2, 0.25) is 0 Å². The lowest BCUT2D eigenvalue weighted by Gasteiger charge is -2.38. The molecule has 0 heterocycles. The van der Waals surface area contributed by atoms with Gasteiger partial charge in [0.05, 0.1) is 7.11 Å². The monoisotopic (exact) mass is 554 g/mol. The summed E-state index contributed by atoms with van der Waals surface area (Å²) < 4.78 is 94.2. The SMILES string of the molecule is CCCC1CCC(C2CCC(c3ccc(/C(F)=C(\F)C(F)(F)Oc4ccc(OC)c(F)c4F)cc3)CC2)CC1. The van der Waals surface area contributed by atoms with Gasteiger partial charge in [0.15, 0.2) is 17.3 Å². The van der Waals surface area contributed by atoms with Crippen LogP contribution >= 0.6 is 0 Å². The highest BCUT2D eigenvalue weighted by atomic mass is 19.3. The summed E-state index contributed by atoms with van der Waals surface area (Å²) in [6.45, 7) is 2.25. The fourth-order valence-corrected chi connectivity index (χ4v) is 6.37. The van der Waals surface area contributed by atoms with Crippen molar-refractivity contribution in [1.29, 1.82) is 0 Å². The van der Waals surface area contributed by atoms with Crippen LogP contribution in [-0.2, 0) is 0 Å². The number of alkyl halides is 2. The number of hydrogen-bond donors (Lipinski definition) is 0. The van der Waals surface area contributed by atoms with E-state index in [4.69, 9.17) is 0 Å². The average molecular weight is 555 g/mol. The van der Waals surface area contributed by atoms with Crippen molar-refractivity contribution in [3.8, 4) is 11.5 Å². The molecule has 0 saturated heterocycles. The minimum atomic E-state index is -4.86. The number of benzene rings is 2. The highest BCUT2D eigenvalue weighted by Crippen LogP contribution is 2.45. The van der Waals surface area contributed by atoms with Gasteiger partial charge in [0, 0.05) is 5.56 Å².